The van der Waals surface area contributed by atoms with Crippen molar-refractivity contribution in [1.82, 2.24) is 20.3 Å². The number of hydrogen-bond donors (Lipinski definition) is 2. The maximum Gasteiger partial charge on any atom is 0.224 e. The molecule has 0 aliphatic heterocycles. The predicted octanol–water partition coefficient (Wildman–Crippen LogP) is 0.664. The average molecular weight is 216 g/mol. The van der Waals surface area contributed by atoms with Crippen LogP contribution in [0.25, 0.3) is 0 Å². The number of rotatable bonds is 4. The fourth-order valence-electron chi connectivity index (χ4n) is 1.33. The Morgan fingerprint density at radius 3 is 2.81 bits per heavy atom. The molecular weight excluding hydrogens is 204 g/mol. The topological polar surface area (TPSA) is 70.7 Å². The van der Waals surface area contributed by atoms with Gasteiger partial charge in [0.05, 0.1) is 13.0 Å². The Balaban J connectivity index is 1.81. The summed E-state index contributed by atoms with van der Waals surface area (Å²) in [5, 5.41) is 2.78. The van der Waals surface area contributed by atoms with Crippen molar-refractivity contribution in [2.45, 2.75) is 13.0 Å². The summed E-state index contributed by atoms with van der Waals surface area (Å²) in [5.74, 6) is 0.727. The number of carbonyl (C=O) groups is 1. The standard InChI is InChI=1S/C11H12N4O/c16-11(7-9-1-3-12-4-2-9)15-8-10-13-5-6-14-10/h1-6H,7-8H2,(H,13,14)(H,15,16). The van der Waals surface area contributed by atoms with Crippen molar-refractivity contribution in [2.24, 2.45) is 0 Å². The number of carbonyl (C=O) groups excluding carboxylic acids is 1. The zero-order valence-corrected chi connectivity index (χ0v) is 8.68. The summed E-state index contributed by atoms with van der Waals surface area (Å²) in [6, 6.07) is 3.65. The van der Waals surface area contributed by atoms with E-state index in [-0.39, 0.29) is 5.91 Å². The smallest absolute Gasteiger partial charge is 0.224 e. The molecule has 0 saturated heterocycles. The first-order valence-corrected chi connectivity index (χ1v) is 4.98. The Labute approximate surface area is 92.9 Å². The molecule has 2 N–H and O–H groups in total. The van der Waals surface area contributed by atoms with Crippen LogP contribution in [-0.2, 0) is 17.8 Å². The van der Waals surface area contributed by atoms with Crippen molar-refractivity contribution >= 4 is 5.91 Å². The summed E-state index contributed by atoms with van der Waals surface area (Å²) in [4.78, 5) is 22.4. The average Bonchev–Trinajstić information content (AvgIpc) is 2.81. The summed E-state index contributed by atoms with van der Waals surface area (Å²) < 4.78 is 0. The van der Waals surface area contributed by atoms with Crippen molar-refractivity contribution in [3.63, 3.8) is 0 Å². The first kappa shape index (κ1) is 10.4. The van der Waals surface area contributed by atoms with Crippen molar-refractivity contribution in [2.75, 3.05) is 0 Å². The fraction of sp³-hybridized carbons (Fsp3) is 0.182. The van der Waals surface area contributed by atoms with Gasteiger partial charge in [-0.2, -0.15) is 0 Å². The molecule has 5 heteroatoms. The van der Waals surface area contributed by atoms with E-state index in [4.69, 9.17) is 0 Å². The molecule has 2 aromatic rings. The van der Waals surface area contributed by atoms with Crippen LogP contribution in [-0.4, -0.2) is 20.9 Å². The van der Waals surface area contributed by atoms with E-state index in [1.807, 2.05) is 12.1 Å². The SMILES string of the molecule is O=C(Cc1ccncc1)NCc1ncc[nH]1. The number of imidazole rings is 1. The van der Waals surface area contributed by atoms with Gasteiger partial charge in [0, 0.05) is 24.8 Å². The number of nitrogens with zero attached hydrogens (tertiary/aromatic N) is 2. The van der Waals surface area contributed by atoms with E-state index < -0.39 is 0 Å². The van der Waals surface area contributed by atoms with Crippen LogP contribution in [0.15, 0.2) is 36.9 Å². The fourth-order valence-corrected chi connectivity index (χ4v) is 1.33. The van der Waals surface area contributed by atoms with E-state index in [0.29, 0.717) is 13.0 Å². The number of nitrogens with one attached hydrogen (secondary N) is 2. The highest BCUT2D eigenvalue weighted by atomic mass is 16.1. The molecule has 1 amide bonds. The maximum atomic E-state index is 11.5. The second kappa shape index (κ2) is 5.06. The van der Waals surface area contributed by atoms with Gasteiger partial charge in [0.2, 0.25) is 5.91 Å². The zero-order valence-electron chi connectivity index (χ0n) is 8.68. The number of pyridine rings is 1. The molecule has 16 heavy (non-hydrogen) atoms. The summed E-state index contributed by atoms with van der Waals surface area (Å²) in [7, 11) is 0. The van der Waals surface area contributed by atoms with Gasteiger partial charge in [0.25, 0.3) is 0 Å². The molecule has 2 rings (SSSR count). The van der Waals surface area contributed by atoms with E-state index in [1.165, 1.54) is 0 Å². The number of aromatic nitrogens is 3. The monoisotopic (exact) mass is 216 g/mol. The van der Waals surface area contributed by atoms with Crippen molar-refractivity contribution < 1.29 is 4.79 Å². The molecule has 2 heterocycles. The number of aromatic amines is 1. The van der Waals surface area contributed by atoms with E-state index >= 15 is 0 Å². The van der Waals surface area contributed by atoms with Gasteiger partial charge in [0.15, 0.2) is 0 Å². The van der Waals surface area contributed by atoms with E-state index in [0.717, 1.165) is 11.4 Å². The van der Waals surface area contributed by atoms with Gasteiger partial charge in [-0.25, -0.2) is 4.98 Å². The number of hydrogen-bond acceptors (Lipinski definition) is 3. The summed E-state index contributed by atoms with van der Waals surface area (Å²) in [6.07, 6.45) is 7.10. The minimum absolute atomic E-state index is 0.0254. The van der Waals surface area contributed by atoms with Crippen molar-refractivity contribution in [1.29, 1.82) is 0 Å². The molecule has 5 nitrogen and oxygen atoms in total. The lowest BCUT2D eigenvalue weighted by molar-refractivity contribution is -0.120. The van der Waals surface area contributed by atoms with Gasteiger partial charge in [-0.05, 0) is 17.7 Å². The first-order valence-electron chi connectivity index (χ1n) is 4.98. The summed E-state index contributed by atoms with van der Waals surface area (Å²) >= 11 is 0. The van der Waals surface area contributed by atoms with Gasteiger partial charge >= 0.3 is 0 Å². The van der Waals surface area contributed by atoms with Crippen molar-refractivity contribution in [3.05, 3.63) is 48.3 Å². The van der Waals surface area contributed by atoms with Gasteiger partial charge in [0.1, 0.15) is 5.82 Å². The second-order valence-electron chi connectivity index (χ2n) is 3.34. The van der Waals surface area contributed by atoms with Crippen LogP contribution in [0.2, 0.25) is 0 Å². The maximum absolute atomic E-state index is 11.5. The Kier molecular flexibility index (Phi) is 3.28. The molecule has 0 aliphatic rings. The van der Waals surface area contributed by atoms with Gasteiger partial charge < -0.3 is 10.3 Å². The molecule has 2 aromatic heterocycles. The molecule has 82 valence electrons. The minimum Gasteiger partial charge on any atom is -0.349 e. The zero-order chi connectivity index (χ0) is 11.2. The molecule has 0 fully saturated rings. The van der Waals surface area contributed by atoms with Crippen LogP contribution in [0.5, 0.6) is 0 Å². The van der Waals surface area contributed by atoms with Crippen molar-refractivity contribution in [3.8, 4) is 0 Å². The van der Waals surface area contributed by atoms with Crippen LogP contribution < -0.4 is 5.32 Å². The lowest BCUT2D eigenvalue weighted by atomic mass is 10.2. The first-order chi connectivity index (χ1) is 7.84. The second-order valence-corrected chi connectivity index (χ2v) is 3.34. The Morgan fingerprint density at radius 2 is 2.12 bits per heavy atom. The van der Waals surface area contributed by atoms with E-state index in [1.54, 1.807) is 24.8 Å². The Hall–Kier alpha value is -2.17. The van der Waals surface area contributed by atoms with Crippen LogP contribution >= 0.6 is 0 Å². The molecule has 0 saturated carbocycles. The largest absolute Gasteiger partial charge is 0.349 e. The third kappa shape index (κ3) is 2.91. The molecule has 0 unspecified atom stereocenters. The molecule has 0 atom stereocenters. The Morgan fingerprint density at radius 1 is 1.31 bits per heavy atom. The highest BCUT2D eigenvalue weighted by molar-refractivity contribution is 5.78. The van der Waals surface area contributed by atoms with Gasteiger partial charge in [-0.1, -0.05) is 0 Å². The number of H-pyrrole nitrogens is 1. The Bertz CT molecular complexity index is 438. The summed E-state index contributed by atoms with van der Waals surface area (Å²) in [5.41, 5.74) is 0.951. The van der Waals surface area contributed by atoms with Crippen LogP contribution in [0.4, 0.5) is 0 Å². The van der Waals surface area contributed by atoms with E-state index in [2.05, 4.69) is 20.3 Å². The van der Waals surface area contributed by atoms with Gasteiger partial charge in [-0.15, -0.1) is 0 Å². The third-order valence-corrected chi connectivity index (χ3v) is 2.12. The third-order valence-electron chi connectivity index (χ3n) is 2.12. The number of amides is 1. The normalized spacial score (nSPS) is 10.0. The highest BCUT2D eigenvalue weighted by Gasteiger charge is 2.03. The van der Waals surface area contributed by atoms with Crippen LogP contribution in [0, 0.1) is 0 Å². The molecule has 0 aliphatic carbocycles. The lowest BCUT2D eigenvalue weighted by Gasteiger charge is -2.02. The summed E-state index contributed by atoms with van der Waals surface area (Å²) in [6.45, 7) is 0.427. The molecule has 0 spiro atoms. The van der Waals surface area contributed by atoms with E-state index in [9.17, 15) is 4.79 Å². The molecule has 0 aromatic carbocycles. The molecular formula is C11H12N4O. The van der Waals surface area contributed by atoms with Crippen LogP contribution in [0.3, 0.4) is 0 Å². The quantitative estimate of drug-likeness (QED) is 0.788. The molecule has 0 bridgehead atoms. The molecule has 0 radical (unpaired) electrons. The van der Waals surface area contributed by atoms with Gasteiger partial charge in [-0.3, -0.25) is 9.78 Å². The lowest BCUT2D eigenvalue weighted by Crippen LogP contribution is -2.25. The highest BCUT2D eigenvalue weighted by Crippen LogP contribution is 1.97. The minimum atomic E-state index is -0.0254. The predicted molar refractivity (Wildman–Crippen MR) is 58.4 cm³/mol. The van der Waals surface area contributed by atoms with Crippen LogP contribution in [0.1, 0.15) is 11.4 Å².